The van der Waals surface area contributed by atoms with Crippen molar-refractivity contribution >= 4 is 15.9 Å². The number of pyridine rings is 1. The second kappa shape index (κ2) is 6.40. The zero-order valence-electron chi connectivity index (χ0n) is 11.8. The molecule has 1 saturated heterocycles. The SMILES string of the molecule is CS(=O)(=O)NCC1CCCCN1C(=O)c1cncc(O)c1. The summed E-state index contributed by atoms with van der Waals surface area (Å²) < 4.78 is 24.9. The monoisotopic (exact) mass is 313 g/mol. The number of nitrogens with one attached hydrogen (secondary N) is 1. The van der Waals surface area contributed by atoms with Crippen LogP contribution in [0.15, 0.2) is 18.5 Å². The van der Waals surface area contributed by atoms with Crippen LogP contribution in [0.5, 0.6) is 5.75 Å². The molecule has 116 valence electrons. The van der Waals surface area contributed by atoms with Crippen molar-refractivity contribution in [3.05, 3.63) is 24.0 Å². The van der Waals surface area contributed by atoms with E-state index >= 15 is 0 Å². The molecule has 0 bridgehead atoms. The number of likely N-dealkylation sites (tertiary alicyclic amines) is 1. The van der Waals surface area contributed by atoms with Crippen molar-refractivity contribution in [2.75, 3.05) is 19.3 Å². The second-order valence-corrected chi connectivity index (χ2v) is 7.03. The van der Waals surface area contributed by atoms with E-state index in [0.29, 0.717) is 12.1 Å². The minimum atomic E-state index is -3.28. The number of hydrogen-bond acceptors (Lipinski definition) is 5. The fraction of sp³-hybridized carbons (Fsp3) is 0.538. The van der Waals surface area contributed by atoms with Crippen LogP contribution in [0.3, 0.4) is 0 Å². The van der Waals surface area contributed by atoms with Crippen LogP contribution in [-0.4, -0.2) is 54.7 Å². The van der Waals surface area contributed by atoms with Crippen LogP contribution in [0, 0.1) is 0 Å². The molecule has 1 unspecified atom stereocenters. The van der Waals surface area contributed by atoms with Gasteiger partial charge in [0.25, 0.3) is 5.91 Å². The van der Waals surface area contributed by atoms with Crippen LogP contribution >= 0.6 is 0 Å². The van der Waals surface area contributed by atoms with Crippen molar-refractivity contribution in [2.45, 2.75) is 25.3 Å². The van der Waals surface area contributed by atoms with Gasteiger partial charge in [-0.3, -0.25) is 9.78 Å². The third kappa shape index (κ3) is 4.40. The lowest BCUT2D eigenvalue weighted by atomic mass is 10.0. The van der Waals surface area contributed by atoms with Gasteiger partial charge in [-0.2, -0.15) is 0 Å². The number of carbonyl (C=O) groups excluding carboxylic acids is 1. The standard InChI is InChI=1S/C13H19N3O4S/c1-21(19,20)15-8-11-4-2-3-5-16(11)13(18)10-6-12(17)9-14-7-10/h6-7,9,11,15,17H,2-5,8H2,1H3. The average molecular weight is 313 g/mol. The first kappa shape index (κ1) is 15.7. The zero-order chi connectivity index (χ0) is 15.5. The van der Waals surface area contributed by atoms with Crippen molar-refractivity contribution in [1.82, 2.24) is 14.6 Å². The molecule has 0 aromatic carbocycles. The Morgan fingerprint density at radius 3 is 2.90 bits per heavy atom. The molecule has 1 aliphatic heterocycles. The molecule has 0 radical (unpaired) electrons. The van der Waals surface area contributed by atoms with Crippen LogP contribution in [0.4, 0.5) is 0 Å². The summed E-state index contributed by atoms with van der Waals surface area (Å²) in [6.45, 7) is 0.779. The fourth-order valence-corrected chi connectivity index (χ4v) is 2.93. The Morgan fingerprint density at radius 1 is 1.48 bits per heavy atom. The number of piperidine rings is 1. The van der Waals surface area contributed by atoms with Crippen molar-refractivity contribution in [2.24, 2.45) is 0 Å². The van der Waals surface area contributed by atoms with Gasteiger partial charge in [-0.25, -0.2) is 13.1 Å². The molecule has 0 saturated carbocycles. The van der Waals surface area contributed by atoms with Crippen LogP contribution < -0.4 is 4.72 Å². The topological polar surface area (TPSA) is 99.6 Å². The number of nitrogens with zero attached hydrogens (tertiary/aromatic N) is 2. The molecule has 0 spiro atoms. The van der Waals surface area contributed by atoms with Gasteiger partial charge < -0.3 is 10.0 Å². The highest BCUT2D eigenvalue weighted by Crippen LogP contribution is 2.20. The zero-order valence-corrected chi connectivity index (χ0v) is 12.6. The Bertz CT molecular complexity index is 618. The van der Waals surface area contributed by atoms with E-state index in [-0.39, 0.29) is 24.2 Å². The van der Waals surface area contributed by atoms with Crippen LogP contribution in [0.1, 0.15) is 29.6 Å². The minimum Gasteiger partial charge on any atom is -0.506 e. The first-order chi connectivity index (χ1) is 9.87. The molecule has 1 aromatic heterocycles. The Kier molecular flexibility index (Phi) is 4.79. The van der Waals surface area contributed by atoms with Gasteiger partial charge >= 0.3 is 0 Å². The molecule has 1 amide bonds. The molecule has 7 nitrogen and oxygen atoms in total. The highest BCUT2D eigenvalue weighted by atomic mass is 32.2. The number of aromatic hydroxyl groups is 1. The summed E-state index contributed by atoms with van der Waals surface area (Å²) in [6, 6.07) is 1.19. The fourth-order valence-electron chi connectivity index (χ4n) is 2.44. The number of aromatic nitrogens is 1. The molecule has 21 heavy (non-hydrogen) atoms. The van der Waals surface area contributed by atoms with Gasteiger partial charge in [-0.15, -0.1) is 0 Å². The van der Waals surface area contributed by atoms with Gasteiger partial charge in [-0.05, 0) is 25.3 Å². The molecular formula is C13H19N3O4S. The number of sulfonamides is 1. The maximum Gasteiger partial charge on any atom is 0.255 e. The van der Waals surface area contributed by atoms with Crippen LogP contribution in [0.25, 0.3) is 0 Å². The minimum absolute atomic E-state index is 0.0660. The predicted molar refractivity (Wildman–Crippen MR) is 77.4 cm³/mol. The number of rotatable bonds is 4. The lowest BCUT2D eigenvalue weighted by Crippen LogP contribution is -2.49. The predicted octanol–water partition coefficient (Wildman–Crippen LogP) is 0.331. The Hall–Kier alpha value is -1.67. The maximum absolute atomic E-state index is 12.5. The third-order valence-electron chi connectivity index (χ3n) is 3.44. The first-order valence-corrected chi connectivity index (χ1v) is 8.65. The van der Waals surface area contributed by atoms with E-state index in [1.54, 1.807) is 4.90 Å². The Morgan fingerprint density at radius 2 is 2.24 bits per heavy atom. The van der Waals surface area contributed by atoms with E-state index in [4.69, 9.17) is 0 Å². The molecular weight excluding hydrogens is 294 g/mol. The summed E-state index contributed by atoms with van der Waals surface area (Å²) >= 11 is 0. The van der Waals surface area contributed by atoms with Gasteiger partial charge in [0.2, 0.25) is 10.0 Å². The molecule has 0 aliphatic carbocycles. The number of amides is 1. The summed E-state index contributed by atoms with van der Waals surface area (Å²) in [5, 5.41) is 9.41. The van der Waals surface area contributed by atoms with Crippen molar-refractivity contribution in [3.8, 4) is 5.75 Å². The summed E-state index contributed by atoms with van der Waals surface area (Å²) in [4.78, 5) is 17.9. The molecule has 2 heterocycles. The lowest BCUT2D eigenvalue weighted by Gasteiger charge is -2.35. The van der Waals surface area contributed by atoms with E-state index in [1.807, 2.05) is 0 Å². The third-order valence-corrected chi connectivity index (χ3v) is 4.13. The molecule has 2 rings (SSSR count). The molecule has 1 aliphatic rings. The highest BCUT2D eigenvalue weighted by Gasteiger charge is 2.28. The Balaban J connectivity index is 2.12. The summed E-state index contributed by atoms with van der Waals surface area (Å²) in [6.07, 6.45) is 6.35. The largest absolute Gasteiger partial charge is 0.506 e. The van der Waals surface area contributed by atoms with E-state index in [2.05, 4.69) is 9.71 Å². The van der Waals surface area contributed by atoms with Gasteiger partial charge in [0.05, 0.1) is 18.0 Å². The first-order valence-electron chi connectivity index (χ1n) is 6.76. The smallest absolute Gasteiger partial charge is 0.255 e. The van der Waals surface area contributed by atoms with E-state index in [9.17, 15) is 18.3 Å². The normalized spacial score (nSPS) is 19.5. The van der Waals surface area contributed by atoms with Gasteiger partial charge in [0.1, 0.15) is 5.75 Å². The van der Waals surface area contributed by atoms with E-state index < -0.39 is 10.0 Å². The molecule has 1 aromatic rings. The molecule has 8 heteroatoms. The molecule has 1 fully saturated rings. The van der Waals surface area contributed by atoms with Crippen LogP contribution in [0.2, 0.25) is 0 Å². The number of carbonyl (C=O) groups is 1. The summed E-state index contributed by atoms with van der Waals surface area (Å²) in [5.41, 5.74) is 0.307. The van der Waals surface area contributed by atoms with Gasteiger partial charge in [0, 0.05) is 25.3 Å². The second-order valence-electron chi connectivity index (χ2n) is 5.20. The van der Waals surface area contributed by atoms with Gasteiger partial charge in [-0.1, -0.05) is 0 Å². The lowest BCUT2D eigenvalue weighted by molar-refractivity contribution is 0.0618. The highest BCUT2D eigenvalue weighted by molar-refractivity contribution is 7.88. The van der Waals surface area contributed by atoms with Crippen molar-refractivity contribution in [3.63, 3.8) is 0 Å². The van der Waals surface area contributed by atoms with Crippen LogP contribution in [-0.2, 0) is 10.0 Å². The van der Waals surface area contributed by atoms with E-state index in [0.717, 1.165) is 25.5 Å². The summed E-state index contributed by atoms with van der Waals surface area (Å²) in [5.74, 6) is -0.304. The molecule has 2 N–H and O–H groups in total. The van der Waals surface area contributed by atoms with Crippen molar-refractivity contribution < 1.29 is 18.3 Å². The maximum atomic E-state index is 12.5. The quantitative estimate of drug-likeness (QED) is 0.834. The molecule has 1 atom stereocenters. The number of hydrogen-bond donors (Lipinski definition) is 2. The van der Waals surface area contributed by atoms with Crippen molar-refractivity contribution in [1.29, 1.82) is 0 Å². The Labute approximate surface area is 124 Å². The van der Waals surface area contributed by atoms with E-state index in [1.165, 1.54) is 18.5 Å². The summed E-state index contributed by atoms with van der Waals surface area (Å²) in [7, 11) is -3.28. The average Bonchev–Trinajstić information content (AvgIpc) is 2.44. The van der Waals surface area contributed by atoms with Gasteiger partial charge in [0.15, 0.2) is 0 Å².